The van der Waals surface area contributed by atoms with Crippen LogP contribution in [0.25, 0.3) is 0 Å². The molecule has 3 rings (SSSR count). The molecule has 2 nitrogen and oxygen atoms in total. The van der Waals surface area contributed by atoms with Crippen LogP contribution in [0.4, 0.5) is 0 Å². The molecule has 2 atom stereocenters. The van der Waals surface area contributed by atoms with Crippen LogP contribution in [0.15, 0.2) is 29.8 Å². The highest BCUT2D eigenvalue weighted by Gasteiger charge is 2.43. The minimum atomic E-state index is -0.136. The maximum atomic E-state index is 9.08. The molecule has 0 spiro atoms. The van der Waals surface area contributed by atoms with E-state index in [1.54, 1.807) is 0 Å². The Bertz CT molecular complexity index is 592. The van der Waals surface area contributed by atoms with Gasteiger partial charge in [-0.3, -0.25) is 0 Å². The van der Waals surface area contributed by atoms with Crippen LogP contribution in [-0.4, -0.2) is 5.60 Å². The zero-order valence-corrected chi connectivity index (χ0v) is 11.7. The number of ether oxygens (including phenoxy) is 1. The molecule has 2 aliphatic rings. The van der Waals surface area contributed by atoms with E-state index in [1.165, 1.54) is 11.1 Å². The average Bonchev–Trinajstić information content (AvgIpc) is 2.37. The maximum absolute atomic E-state index is 9.08. The van der Waals surface area contributed by atoms with Gasteiger partial charge in [-0.15, -0.1) is 0 Å². The van der Waals surface area contributed by atoms with E-state index in [9.17, 15) is 0 Å². The van der Waals surface area contributed by atoms with Crippen LogP contribution in [-0.2, 0) is 0 Å². The van der Waals surface area contributed by atoms with Gasteiger partial charge in [0.15, 0.2) is 0 Å². The Morgan fingerprint density at radius 3 is 2.89 bits per heavy atom. The summed E-state index contributed by atoms with van der Waals surface area (Å²) >= 11 is 0. The van der Waals surface area contributed by atoms with Crippen LogP contribution in [0, 0.1) is 17.2 Å². The monoisotopic (exact) mass is 253 g/mol. The van der Waals surface area contributed by atoms with Crippen LogP contribution >= 0.6 is 0 Å². The first-order valence-corrected chi connectivity index (χ1v) is 6.91. The van der Waals surface area contributed by atoms with Gasteiger partial charge in [-0.1, -0.05) is 11.6 Å². The summed E-state index contributed by atoms with van der Waals surface area (Å²) in [6, 6.07) is 8.02. The molecule has 0 saturated heterocycles. The van der Waals surface area contributed by atoms with Crippen molar-refractivity contribution >= 4 is 0 Å². The lowest BCUT2D eigenvalue weighted by atomic mass is 9.68. The number of hydrogen-bond acceptors (Lipinski definition) is 2. The fourth-order valence-corrected chi connectivity index (χ4v) is 3.49. The van der Waals surface area contributed by atoms with E-state index in [4.69, 9.17) is 10.00 Å². The van der Waals surface area contributed by atoms with Crippen molar-refractivity contribution in [2.24, 2.45) is 5.92 Å². The summed E-state index contributed by atoms with van der Waals surface area (Å²) in [5.74, 6) is 1.83. The molecule has 19 heavy (non-hydrogen) atoms. The summed E-state index contributed by atoms with van der Waals surface area (Å²) in [7, 11) is 0. The van der Waals surface area contributed by atoms with Crippen LogP contribution in [0.5, 0.6) is 5.75 Å². The summed E-state index contributed by atoms with van der Waals surface area (Å²) < 4.78 is 6.18. The number of rotatable bonds is 0. The van der Waals surface area contributed by atoms with Crippen LogP contribution in [0.1, 0.15) is 50.7 Å². The Morgan fingerprint density at radius 1 is 1.37 bits per heavy atom. The first-order chi connectivity index (χ1) is 9.01. The molecule has 1 aromatic rings. The molecular weight excluding hydrogens is 234 g/mol. The van der Waals surface area contributed by atoms with Gasteiger partial charge in [0, 0.05) is 17.4 Å². The fourth-order valence-electron chi connectivity index (χ4n) is 3.49. The molecule has 1 heterocycles. The zero-order chi connectivity index (χ0) is 13.6. The highest BCUT2D eigenvalue weighted by Crippen LogP contribution is 2.50. The van der Waals surface area contributed by atoms with Gasteiger partial charge in [0.05, 0.1) is 11.6 Å². The van der Waals surface area contributed by atoms with Crippen molar-refractivity contribution in [3.63, 3.8) is 0 Å². The Hall–Kier alpha value is -1.75. The van der Waals surface area contributed by atoms with Crippen molar-refractivity contribution in [3.05, 3.63) is 41.0 Å². The van der Waals surface area contributed by atoms with Gasteiger partial charge in [-0.2, -0.15) is 5.26 Å². The molecule has 0 fully saturated rings. The summed E-state index contributed by atoms with van der Waals surface area (Å²) in [5, 5.41) is 9.08. The van der Waals surface area contributed by atoms with Crippen LogP contribution < -0.4 is 4.74 Å². The minimum absolute atomic E-state index is 0.136. The first-order valence-electron chi connectivity index (χ1n) is 6.91. The van der Waals surface area contributed by atoms with E-state index in [1.807, 2.05) is 18.2 Å². The van der Waals surface area contributed by atoms with Gasteiger partial charge >= 0.3 is 0 Å². The molecule has 0 radical (unpaired) electrons. The van der Waals surface area contributed by atoms with Gasteiger partial charge in [0.25, 0.3) is 0 Å². The topological polar surface area (TPSA) is 33.0 Å². The number of nitriles is 1. The van der Waals surface area contributed by atoms with E-state index >= 15 is 0 Å². The number of hydrogen-bond donors (Lipinski definition) is 0. The van der Waals surface area contributed by atoms with Crippen molar-refractivity contribution in [2.75, 3.05) is 0 Å². The lowest BCUT2D eigenvalue weighted by Gasteiger charge is -2.46. The predicted molar refractivity (Wildman–Crippen MR) is 75.1 cm³/mol. The van der Waals surface area contributed by atoms with Crippen molar-refractivity contribution in [3.8, 4) is 11.8 Å². The van der Waals surface area contributed by atoms with E-state index in [-0.39, 0.29) is 5.60 Å². The lowest BCUT2D eigenvalue weighted by molar-refractivity contribution is 0.0116. The molecule has 0 saturated carbocycles. The normalized spacial score (nSPS) is 27.4. The van der Waals surface area contributed by atoms with Gasteiger partial charge in [-0.25, -0.2) is 0 Å². The molecule has 98 valence electrons. The second-order valence-corrected chi connectivity index (χ2v) is 6.25. The summed E-state index contributed by atoms with van der Waals surface area (Å²) in [4.78, 5) is 0. The summed E-state index contributed by atoms with van der Waals surface area (Å²) in [6.45, 7) is 6.56. The highest BCUT2D eigenvalue weighted by molar-refractivity contribution is 5.48. The van der Waals surface area contributed by atoms with Crippen molar-refractivity contribution in [2.45, 2.75) is 45.1 Å². The van der Waals surface area contributed by atoms with Gasteiger partial charge in [0.2, 0.25) is 0 Å². The molecular formula is C17H19NO. The van der Waals surface area contributed by atoms with Crippen LogP contribution in [0.3, 0.4) is 0 Å². The van der Waals surface area contributed by atoms with Crippen molar-refractivity contribution in [1.29, 1.82) is 5.26 Å². The number of nitrogens with zero attached hydrogens (tertiary/aromatic N) is 1. The number of benzene rings is 1. The first kappa shape index (κ1) is 12.3. The van der Waals surface area contributed by atoms with E-state index in [0.29, 0.717) is 11.8 Å². The standard InChI is InChI=1S/C17H19NO/c1-11-4-6-15-13(8-11)14-9-12(10-18)5-7-16(14)19-17(15,2)3/h5,7-9,13,15H,4,6H2,1-3H3. The maximum Gasteiger partial charge on any atom is 0.124 e. The molecule has 2 unspecified atom stereocenters. The van der Waals surface area contributed by atoms with E-state index in [0.717, 1.165) is 24.2 Å². The smallest absolute Gasteiger partial charge is 0.124 e. The average molecular weight is 253 g/mol. The van der Waals surface area contributed by atoms with Gasteiger partial charge in [0.1, 0.15) is 11.4 Å². The molecule has 2 heteroatoms. The number of fused-ring (bicyclic) bond motifs is 3. The summed E-state index contributed by atoms with van der Waals surface area (Å²) in [5.41, 5.74) is 3.22. The molecule has 0 bridgehead atoms. The Balaban J connectivity index is 2.16. The quantitative estimate of drug-likeness (QED) is 0.650. The van der Waals surface area contributed by atoms with Crippen molar-refractivity contribution < 1.29 is 4.74 Å². The third kappa shape index (κ3) is 1.94. The van der Waals surface area contributed by atoms with E-state index in [2.05, 4.69) is 32.9 Å². The predicted octanol–water partition coefficient (Wildman–Crippen LogP) is 4.17. The van der Waals surface area contributed by atoms with Crippen molar-refractivity contribution in [1.82, 2.24) is 0 Å². The second kappa shape index (κ2) is 4.13. The Labute approximate surface area is 114 Å². The van der Waals surface area contributed by atoms with Gasteiger partial charge < -0.3 is 4.74 Å². The number of allylic oxidation sites excluding steroid dienone is 2. The fraction of sp³-hybridized carbons (Fsp3) is 0.471. The largest absolute Gasteiger partial charge is 0.487 e. The van der Waals surface area contributed by atoms with Gasteiger partial charge in [-0.05, 0) is 51.8 Å². The molecule has 0 N–H and O–H groups in total. The SMILES string of the molecule is CC1=CC2c3cc(C#N)ccc3OC(C)(C)C2CC1. The summed E-state index contributed by atoms with van der Waals surface area (Å²) in [6.07, 6.45) is 4.69. The molecule has 0 aromatic heterocycles. The molecule has 1 aliphatic carbocycles. The third-order valence-corrected chi connectivity index (χ3v) is 4.51. The molecule has 0 amide bonds. The lowest BCUT2D eigenvalue weighted by Crippen LogP contribution is -2.45. The Morgan fingerprint density at radius 2 is 2.16 bits per heavy atom. The minimum Gasteiger partial charge on any atom is -0.487 e. The third-order valence-electron chi connectivity index (χ3n) is 4.51. The second-order valence-electron chi connectivity index (χ2n) is 6.25. The molecule has 1 aliphatic heterocycles. The van der Waals surface area contributed by atoms with E-state index < -0.39 is 0 Å². The van der Waals surface area contributed by atoms with Crippen LogP contribution in [0.2, 0.25) is 0 Å². The highest BCUT2D eigenvalue weighted by atomic mass is 16.5. The molecule has 1 aromatic carbocycles. The Kier molecular flexibility index (Phi) is 2.67. The zero-order valence-electron chi connectivity index (χ0n) is 11.7.